The van der Waals surface area contributed by atoms with Crippen LogP contribution in [0, 0.1) is 17.8 Å². The Morgan fingerprint density at radius 3 is 1.97 bits per heavy atom. The number of carboxylic acid groups (broad SMARTS) is 1. The molecular weight excluding hydrogens is 777 g/mol. The number of Topliss-reactive ketones (excluding diaryl/α,β-unsaturated/α-hetero) is 2. The summed E-state index contributed by atoms with van der Waals surface area (Å²) in [5.41, 5.74) is 12.7. The van der Waals surface area contributed by atoms with E-state index in [0.717, 1.165) is 44.1 Å². The van der Waals surface area contributed by atoms with Gasteiger partial charge in [-0.2, -0.15) is 0 Å². The van der Waals surface area contributed by atoms with Gasteiger partial charge in [0.1, 0.15) is 6.61 Å². The summed E-state index contributed by atoms with van der Waals surface area (Å²) in [6.45, 7) is 3.26. The minimum atomic E-state index is -2.47. The summed E-state index contributed by atoms with van der Waals surface area (Å²) in [4.78, 5) is 84.4. The van der Waals surface area contributed by atoms with Crippen LogP contribution in [0.1, 0.15) is 107 Å². The van der Waals surface area contributed by atoms with Gasteiger partial charge in [-0.15, -0.1) is 0 Å². The maximum absolute atomic E-state index is 14.5. The third kappa shape index (κ3) is 13.3. The molecule has 0 radical (unpaired) electrons. The fraction of sp³-hybridized carbons (Fsp3) is 0.500. The van der Waals surface area contributed by atoms with Crippen molar-refractivity contribution in [2.24, 2.45) is 29.2 Å². The largest absolute Gasteiger partial charge is 0.481 e. The van der Waals surface area contributed by atoms with Gasteiger partial charge in [-0.3, -0.25) is 19.2 Å². The molecule has 1 aliphatic carbocycles. The maximum atomic E-state index is 14.5. The molecule has 1 saturated heterocycles. The zero-order valence-corrected chi connectivity index (χ0v) is 35.3. The molecule has 2 fully saturated rings. The number of rotatable bonds is 21. The number of aliphatic carboxylic acids is 1. The number of carbonyl (C=O) groups excluding carboxylic acids is 5. The number of piperidine rings is 1. The van der Waals surface area contributed by atoms with Crippen LogP contribution in [0.3, 0.4) is 0 Å². The van der Waals surface area contributed by atoms with E-state index in [4.69, 9.17) is 20.9 Å². The van der Waals surface area contributed by atoms with E-state index in [0.29, 0.717) is 49.4 Å². The number of carboxylic acids is 1. The lowest BCUT2D eigenvalue weighted by Gasteiger charge is -2.37. The fourth-order valence-corrected chi connectivity index (χ4v) is 8.72. The Kier molecular flexibility index (Phi) is 17.6. The van der Waals surface area contributed by atoms with Crippen LogP contribution in [-0.2, 0) is 40.1 Å². The molecule has 13 heteroatoms. The zero-order chi connectivity index (χ0) is 43.8. The number of nitrogens with two attached hydrogens (primary N) is 2. The number of amides is 2. The monoisotopic (exact) mass is 838 g/mol. The molecule has 2 amide bonds. The Morgan fingerprint density at radius 1 is 0.836 bits per heavy atom. The lowest BCUT2D eigenvalue weighted by atomic mass is 9.70. The predicted octanol–water partition coefficient (Wildman–Crippen LogP) is 6.61. The van der Waals surface area contributed by atoms with Gasteiger partial charge in [-0.25, -0.2) is 9.59 Å². The molecule has 5 N–H and O–H groups in total. The lowest BCUT2D eigenvalue weighted by molar-refractivity contribution is -0.160. The fourth-order valence-electron chi connectivity index (χ4n) is 8.72. The van der Waals surface area contributed by atoms with Gasteiger partial charge in [0.2, 0.25) is 5.91 Å². The topological polar surface area (TPSA) is 200 Å². The molecule has 2 aliphatic rings. The van der Waals surface area contributed by atoms with Crippen molar-refractivity contribution < 1.29 is 43.3 Å². The number of hydrogen-bond acceptors (Lipinski definition) is 10. The van der Waals surface area contributed by atoms with Gasteiger partial charge in [0.05, 0.1) is 19.0 Å². The van der Waals surface area contributed by atoms with Gasteiger partial charge in [0, 0.05) is 32.0 Å². The van der Waals surface area contributed by atoms with Gasteiger partial charge < -0.3 is 35.8 Å². The third-order valence-corrected chi connectivity index (χ3v) is 12.3. The summed E-state index contributed by atoms with van der Waals surface area (Å²) in [6, 6.07) is 25.8. The van der Waals surface area contributed by atoms with E-state index in [1.807, 2.05) is 42.5 Å². The van der Waals surface area contributed by atoms with E-state index in [-0.39, 0.29) is 49.8 Å². The van der Waals surface area contributed by atoms with Gasteiger partial charge in [0.25, 0.3) is 0 Å². The van der Waals surface area contributed by atoms with Gasteiger partial charge >= 0.3 is 18.0 Å². The Balaban J connectivity index is 1.25. The highest BCUT2D eigenvalue weighted by molar-refractivity contribution is 6.11. The molecule has 1 aliphatic heterocycles. The highest BCUT2D eigenvalue weighted by Crippen LogP contribution is 2.37. The summed E-state index contributed by atoms with van der Waals surface area (Å²) in [5, 5.41) is 9.55. The minimum absolute atomic E-state index is 0.174. The van der Waals surface area contributed by atoms with Gasteiger partial charge in [-0.1, -0.05) is 110 Å². The first-order valence-electron chi connectivity index (χ1n) is 21.8. The molecule has 328 valence electrons. The van der Waals surface area contributed by atoms with Crippen molar-refractivity contribution in [2.75, 3.05) is 26.2 Å². The SMILES string of the molecule is CCN(CC(=O)C(CC(N)(C(=O)OC(c1ccccc1)c1ccccc1)C(=O)[C@@H](N)CC(=O)O)C1CCCCC1)C(=O)CCCC1CCN(C(=O)OCc2ccccc2)CC1. The number of esters is 1. The molecule has 0 bridgehead atoms. The van der Waals surface area contributed by atoms with Crippen LogP contribution < -0.4 is 11.5 Å². The average Bonchev–Trinajstić information content (AvgIpc) is 3.29. The summed E-state index contributed by atoms with van der Waals surface area (Å²) in [7, 11) is 0. The molecule has 61 heavy (non-hydrogen) atoms. The molecule has 3 aromatic rings. The molecule has 2 unspecified atom stereocenters. The molecule has 3 atom stereocenters. The summed E-state index contributed by atoms with van der Waals surface area (Å²) < 4.78 is 11.6. The summed E-state index contributed by atoms with van der Waals surface area (Å²) in [5.74, 6) is -4.75. The Bertz CT molecular complexity index is 1860. The van der Waals surface area contributed by atoms with Gasteiger partial charge in [-0.05, 0) is 80.4 Å². The van der Waals surface area contributed by atoms with E-state index in [1.165, 1.54) is 4.90 Å². The Labute approximate surface area is 359 Å². The quantitative estimate of drug-likeness (QED) is 0.0770. The smallest absolute Gasteiger partial charge is 0.410 e. The van der Waals surface area contributed by atoms with Crippen LogP contribution in [0.25, 0.3) is 0 Å². The van der Waals surface area contributed by atoms with Crippen molar-refractivity contribution in [2.45, 2.75) is 108 Å². The second-order valence-electron chi connectivity index (χ2n) is 16.6. The average molecular weight is 839 g/mol. The van der Waals surface area contributed by atoms with Crippen LogP contribution >= 0.6 is 0 Å². The van der Waals surface area contributed by atoms with Crippen molar-refractivity contribution in [1.29, 1.82) is 0 Å². The zero-order valence-electron chi connectivity index (χ0n) is 35.3. The number of hydrogen-bond donors (Lipinski definition) is 3. The first-order chi connectivity index (χ1) is 29.4. The lowest BCUT2D eigenvalue weighted by Crippen LogP contribution is -2.63. The highest BCUT2D eigenvalue weighted by Gasteiger charge is 2.51. The van der Waals surface area contributed by atoms with Crippen molar-refractivity contribution >= 4 is 35.5 Å². The molecule has 1 saturated carbocycles. The van der Waals surface area contributed by atoms with Crippen molar-refractivity contribution in [1.82, 2.24) is 9.80 Å². The molecule has 3 aromatic carbocycles. The maximum Gasteiger partial charge on any atom is 0.410 e. The normalized spacial score (nSPS) is 16.8. The Hall–Kier alpha value is -5.40. The highest BCUT2D eigenvalue weighted by atomic mass is 16.6. The number of benzene rings is 3. The van der Waals surface area contributed by atoms with Crippen LogP contribution in [0.2, 0.25) is 0 Å². The molecule has 1 heterocycles. The number of nitrogens with zero attached hydrogens (tertiary/aromatic N) is 2. The number of likely N-dealkylation sites (tertiary alicyclic amines) is 1. The van der Waals surface area contributed by atoms with Crippen LogP contribution in [0.5, 0.6) is 0 Å². The number of likely N-dealkylation sites (N-methyl/N-ethyl adjacent to an activating group) is 1. The first kappa shape index (κ1) is 46.7. The standard InChI is InChI=1S/C48H62N4O9/c1-2-51(42(54)25-15-18-34-26-28-52(29-27-34)47(59)60-33-35-16-7-3-8-17-35)32-41(53)39(36-19-9-4-10-20-36)31-48(50,45(57)40(49)30-43(55)56)46(58)61-44(37-21-11-5-12-22-37)38-23-13-6-14-24-38/h3,5-8,11-14,16-17,21-24,34,36,39-40,44H,2,4,9-10,15,18-20,25-33,49-50H2,1H3,(H,55,56)/t39?,40-,48?/m0/s1. The van der Waals surface area contributed by atoms with Crippen LogP contribution in [-0.4, -0.2) is 88.2 Å². The van der Waals surface area contributed by atoms with Crippen molar-refractivity contribution in [3.05, 3.63) is 108 Å². The predicted molar refractivity (Wildman–Crippen MR) is 230 cm³/mol. The van der Waals surface area contributed by atoms with E-state index >= 15 is 0 Å². The third-order valence-electron chi connectivity index (χ3n) is 12.3. The second kappa shape index (κ2) is 23.0. The summed E-state index contributed by atoms with van der Waals surface area (Å²) >= 11 is 0. The van der Waals surface area contributed by atoms with Gasteiger partial charge in [0.15, 0.2) is 23.2 Å². The molecule has 0 spiro atoms. The molecule has 5 rings (SSSR count). The number of ether oxygens (including phenoxy) is 2. The molecule has 13 nitrogen and oxygen atoms in total. The van der Waals surface area contributed by atoms with E-state index in [1.54, 1.807) is 60.4 Å². The number of ketones is 2. The molecular formula is C48H62N4O9. The second-order valence-corrected chi connectivity index (χ2v) is 16.6. The van der Waals surface area contributed by atoms with E-state index in [9.17, 15) is 33.9 Å². The van der Waals surface area contributed by atoms with Crippen molar-refractivity contribution in [3.8, 4) is 0 Å². The molecule has 0 aromatic heterocycles. The minimum Gasteiger partial charge on any atom is -0.481 e. The Morgan fingerprint density at radius 2 is 1.41 bits per heavy atom. The van der Waals surface area contributed by atoms with E-state index in [2.05, 4.69) is 0 Å². The number of carbonyl (C=O) groups is 6. The van der Waals surface area contributed by atoms with Crippen molar-refractivity contribution in [3.63, 3.8) is 0 Å². The van der Waals surface area contributed by atoms with Crippen LogP contribution in [0.15, 0.2) is 91.0 Å². The van der Waals surface area contributed by atoms with E-state index < -0.39 is 54.2 Å². The van der Waals surface area contributed by atoms with Crippen LogP contribution in [0.4, 0.5) is 4.79 Å². The summed E-state index contributed by atoms with van der Waals surface area (Å²) in [6.07, 6.45) is 4.77. The first-order valence-corrected chi connectivity index (χ1v) is 21.8.